The number of fused-ring (bicyclic) bond motifs is 3. The SMILES string of the molecule is COc1cccc2oc(-c3nc4ccccc4c(=O)n3N=Cc3c(C)n(Cc4cccc(F)c4)c4ccccc34)cc12. The molecule has 0 saturated heterocycles. The van der Waals surface area contributed by atoms with Crippen LogP contribution >= 0.6 is 0 Å². The molecule has 7 nitrogen and oxygen atoms in total. The van der Waals surface area contributed by atoms with Crippen molar-refractivity contribution in [2.75, 3.05) is 7.11 Å². The van der Waals surface area contributed by atoms with Gasteiger partial charge in [0.2, 0.25) is 5.82 Å². The molecule has 0 amide bonds. The van der Waals surface area contributed by atoms with Gasteiger partial charge >= 0.3 is 0 Å². The second-order valence-electron chi connectivity index (χ2n) is 10.0. The van der Waals surface area contributed by atoms with Crippen molar-refractivity contribution in [2.24, 2.45) is 5.10 Å². The lowest BCUT2D eigenvalue weighted by Crippen LogP contribution is -2.20. The molecule has 0 unspecified atom stereocenters. The Morgan fingerprint density at radius 2 is 1.71 bits per heavy atom. The highest BCUT2D eigenvalue weighted by Gasteiger charge is 2.19. The van der Waals surface area contributed by atoms with Crippen LogP contribution in [-0.2, 0) is 6.54 Å². The van der Waals surface area contributed by atoms with Gasteiger partial charge in [0.1, 0.15) is 17.1 Å². The van der Waals surface area contributed by atoms with Crippen molar-refractivity contribution < 1.29 is 13.5 Å². The van der Waals surface area contributed by atoms with Gasteiger partial charge in [0.15, 0.2) is 5.76 Å². The summed E-state index contributed by atoms with van der Waals surface area (Å²) in [4.78, 5) is 18.6. The molecule has 0 saturated carbocycles. The third kappa shape index (κ3) is 4.25. The van der Waals surface area contributed by atoms with Crippen LogP contribution in [0.5, 0.6) is 5.75 Å². The van der Waals surface area contributed by atoms with Gasteiger partial charge in [-0.25, -0.2) is 9.37 Å². The highest BCUT2D eigenvalue weighted by Crippen LogP contribution is 2.33. The van der Waals surface area contributed by atoms with Crippen molar-refractivity contribution in [1.29, 1.82) is 0 Å². The summed E-state index contributed by atoms with van der Waals surface area (Å²) in [6.45, 7) is 2.48. The summed E-state index contributed by atoms with van der Waals surface area (Å²) >= 11 is 0. The van der Waals surface area contributed by atoms with Crippen molar-refractivity contribution in [3.05, 3.63) is 130 Å². The van der Waals surface area contributed by atoms with E-state index in [-0.39, 0.29) is 17.2 Å². The highest BCUT2D eigenvalue weighted by atomic mass is 19.1. The highest BCUT2D eigenvalue weighted by molar-refractivity contribution is 6.01. The molecule has 3 aromatic heterocycles. The summed E-state index contributed by atoms with van der Waals surface area (Å²) in [5.74, 6) is 1.04. The fourth-order valence-corrected chi connectivity index (χ4v) is 5.47. The largest absolute Gasteiger partial charge is 0.496 e. The molecule has 0 spiro atoms. The van der Waals surface area contributed by atoms with Crippen LogP contribution in [-0.4, -0.2) is 27.6 Å². The molecule has 0 N–H and O–H groups in total. The smallest absolute Gasteiger partial charge is 0.282 e. The van der Waals surface area contributed by atoms with Crippen molar-refractivity contribution in [1.82, 2.24) is 14.2 Å². The number of hydrogen-bond acceptors (Lipinski definition) is 5. The lowest BCUT2D eigenvalue weighted by Gasteiger charge is -2.09. The molecule has 7 aromatic rings. The van der Waals surface area contributed by atoms with Gasteiger partial charge in [0.25, 0.3) is 5.56 Å². The zero-order valence-corrected chi connectivity index (χ0v) is 22.9. The molecule has 8 heteroatoms. The number of para-hydroxylation sites is 2. The van der Waals surface area contributed by atoms with Gasteiger partial charge in [-0.1, -0.05) is 48.5 Å². The second-order valence-corrected chi connectivity index (χ2v) is 10.0. The Kier molecular flexibility index (Phi) is 6.16. The van der Waals surface area contributed by atoms with E-state index in [0.29, 0.717) is 34.5 Å². The standard InChI is InChI=1S/C34H25FN4O3/c1-21-27(24-11-4-6-14-29(24)38(21)20-22-9-7-10-23(35)17-22)19-36-39-33(37-28-13-5-3-12-25(28)34(39)40)32-18-26-30(41-2)15-8-16-31(26)42-32/h3-19H,20H2,1-2H3. The van der Waals surface area contributed by atoms with Crippen LogP contribution in [0.15, 0.2) is 111 Å². The Morgan fingerprint density at radius 3 is 2.55 bits per heavy atom. The summed E-state index contributed by atoms with van der Waals surface area (Å²) in [6.07, 6.45) is 1.68. The van der Waals surface area contributed by atoms with E-state index in [1.54, 1.807) is 37.6 Å². The van der Waals surface area contributed by atoms with Gasteiger partial charge in [0, 0.05) is 28.7 Å². The summed E-state index contributed by atoms with van der Waals surface area (Å²) in [5, 5.41) is 6.89. The van der Waals surface area contributed by atoms with Gasteiger partial charge in [-0.3, -0.25) is 4.79 Å². The maximum atomic E-state index is 14.0. The summed E-state index contributed by atoms with van der Waals surface area (Å²) in [5.41, 5.74) is 4.44. The fourth-order valence-electron chi connectivity index (χ4n) is 5.47. The van der Waals surface area contributed by atoms with E-state index < -0.39 is 0 Å². The van der Waals surface area contributed by atoms with Crippen LogP contribution < -0.4 is 10.3 Å². The average molecular weight is 557 g/mol. The molecular weight excluding hydrogens is 531 g/mol. The predicted molar refractivity (Wildman–Crippen MR) is 163 cm³/mol. The number of rotatable bonds is 6. The van der Waals surface area contributed by atoms with Crippen LogP contribution in [0.2, 0.25) is 0 Å². The minimum absolute atomic E-state index is 0.273. The molecule has 206 valence electrons. The Hall–Kier alpha value is -5.50. The molecular formula is C34H25FN4O3. The first-order valence-electron chi connectivity index (χ1n) is 13.5. The van der Waals surface area contributed by atoms with Crippen LogP contribution in [0.4, 0.5) is 4.39 Å². The maximum Gasteiger partial charge on any atom is 0.282 e. The summed E-state index contributed by atoms with van der Waals surface area (Å²) in [6, 6.07) is 29.1. The number of benzene rings is 4. The van der Waals surface area contributed by atoms with Crippen LogP contribution in [0, 0.1) is 12.7 Å². The van der Waals surface area contributed by atoms with Crippen molar-refractivity contribution in [3.63, 3.8) is 0 Å². The van der Waals surface area contributed by atoms with E-state index in [1.165, 1.54) is 16.8 Å². The maximum absolute atomic E-state index is 14.0. The number of nitrogens with zero attached hydrogens (tertiary/aromatic N) is 4. The molecule has 0 radical (unpaired) electrons. The Balaban J connectivity index is 1.41. The first-order chi connectivity index (χ1) is 20.5. The van der Waals surface area contributed by atoms with Crippen LogP contribution in [0.3, 0.4) is 0 Å². The normalized spacial score (nSPS) is 11.8. The second kappa shape index (κ2) is 10.2. The lowest BCUT2D eigenvalue weighted by atomic mass is 10.1. The molecule has 0 aliphatic rings. The zero-order valence-electron chi connectivity index (χ0n) is 22.9. The molecule has 0 aliphatic heterocycles. The first kappa shape index (κ1) is 25.5. The fraction of sp³-hybridized carbons (Fsp3) is 0.0882. The number of ether oxygens (including phenoxy) is 1. The van der Waals surface area contributed by atoms with E-state index in [1.807, 2.05) is 67.6 Å². The van der Waals surface area contributed by atoms with Crippen molar-refractivity contribution >= 4 is 39.0 Å². The van der Waals surface area contributed by atoms with Gasteiger partial charge < -0.3 is 13.7 Å². The number of hydrogen-bond donors (Lipinski definition) is 0. The lowest BCUT2D eigenvalue weighted by molar-refractivity contribution is 0.419. The Morgan fingerprint density at radius 1 is 0.929 bits per heavy atom. The van der Waals surface area contributed by atoms with Crippen LogP contribution in [0.25, 0.3) is 44.4 Å². The number of aromatic nitrogens is 3. The molecule has 0 fully saturated rings. The average Bonchev–Trinajstić information content (AvgIpc) is 3.56. The summed E-state index contributed by atoms with van der Waals surface area (Å²) < 4.78 is 29.0. The first-order valence-corrected chi connectivity index (χ1v) is 13.5. The van der Waals surface area contributed by atoms with Gasteiger partial charge in [-0.05, 0) is 61.0 Å². The van der Waals surface area contributed by atoms with Crippen LogP contribution in [0.1, 0.15) is 16.8 Å². The minimum Gasteiger partial charge on any atom is -0.496 e. The summed E-state index contributed by atoms with van der Waals surface area (Å²) in [7, 11) is 1.60. The number of methoxy groups -OCH3 is 1. The molecule has 7 rings (SSSR count). The number of halogens is 1. The molecule has 0 aliphatic carbocycles. The molecule has 4 aromatic carbocycles. The quantitative estimate of drug-likeness (QED) is 0.204. The third-order valence-electron chi connectivity index (χ3n) is 7.53. The van der Waals surface area contributed by atoms with Gasteiger partial charge in [0.05, 0.1) is 29.6 Å². The van der Waals surface area contributed by atoms with E-state index >= 15 is 0 Å². The number of furan rings is 1. The topological polar surface area (TPSA) is 74.6 Å². The Labute approximate surface area is 239 Å². The van der Waals surface area contributed by atoms with E-state index in [9.17, 15) is 9.18 Å². The molecule has 0 bridgehead atoms. The van der Waals surface area contributed by atoms with E-state index in [2.05, 4.69) is 4.57 Å². The minimum atomic E-state index is -0.319. The predicted octanol–water partition coefficient (Wildman–Crippen LogP) is 7.15. The van der Waals surface area contributed by atoms with Gasteiger partial charge in [-0.15, -0.1) is 0 Å². The molecule has 0 atom stereocenters. The molecule has 3 heterocycles. The third-order valence-corrected chi connectivity index (χ3v) is 7.53. The molecule has 42 heavy (non-hydrogen) atoms. The van der Waals surface area contributed by atoms with E-state index in [4.69, 9.17) is 19.2 Å². The van der Waals surface area contributed by atoms with Crippen molar-refractivity contribution in [3.8, 4) is 17.3 Å². The Bertz CT molecular complexity index is 2220. The van der Waals surface area contributed by atoms with Gasteiger partial charge in [-0.2, -0.15) is 9.78 Å². The zero-order chi connectivity index (χ0) is 28.8. The van der Waals surface area contributed by atoms with E-state index in [0.717, 1.165) is 33.1 Å². The monoisotopic (exact) mass is 556 g/mol. The van der Waals surface area contributed by atoms with Crippen molar-refractivity contribution in [2.45, 2.75) is 13.5 Å².